The number of hydrogen-bond donors (Lipinski definition) is 1. The molecule has 5 heteroatoms. The number of carbonyl (C=O) groups is 1. The van der Waals surface area contributed by atoms with E-state index in [2.05, 4.69) is 5.32 Å². The zero-order chi connectivity index (χ0) is 13.7. The van der Waals surface area contributed by atoms with Crippen LogP contribution in [0.25, 0.3) is 11.0 Å². The number of nitrogens with one attached hydrogen (secondary N) is 1. The van der Waals surface area contributed by atoms with Crippen LogP contribution in [0.2, 0.25) is 0 Å². The van der Waals surface area contributed by atoms with Crippen LogP contribution in [-0.4, -0.2) is 19.1 Å². The average molecular weight is 258 g/mol. The third-order valence-corrected chi connectivity index (χ3v) is 2.60. The van der Waals surface area contributed by atoms with Gasteiger partial charge in [-0.2, -0.15) is 5.26 Å². The van der Waals surface area contributed by atoms with Gasteiger partial charge in [-0.1, -0.05) is 12.1 Å². The summed E-state index contributed by atoms with van der Waals surface area (Å²) in [5, 5.41) is 12.4. The third kappa shape index (κ3) is 2.86. The highest BCUT2D eigenvalue weighted by molar-refractivity contribution is 5.86. The summed E-state index contributed by atoms with van der Waals surface area (Å²) in [4.78, 5) is 11.3. The van der Waals surface area contributed by atoms with Crippen molar-refractivity contribution in [3.63, 3.8) is 0 Å². The van der Waals surface area contributed by atoms with E-state index in [1.54, 1.807) is 6.07 Å². The molecule has 0 radical (unpaired) electrons. The molecule has 0 aliphatic rings. The molecule has 98 valence electrons. The van der Waals surface area contributed by atoms with Crippen LogP contribution >= 0.6 is 0 Å². The SMILES string of the molecule is CCNC(=O)CCOc1c(C#N)oc2ccccc12. The molecule has 2 rings (SSSR count). The van der Waals surface area contributed by atoms with Gasteiger partial charge in [0.15, 0.2) is 5.75 Å². The molecule has 1 aromatic heterocycles. The molecule has 0 spiro atoms. The van der Waals surface area contributed by atoms with Gasteiger partial charge in [-0.25, -0.2) is 0 Å². The number of amides is 1. The lowest BCUT2D eigenvalue weighted by molar-refractivity contribution is -0.121. The lowest BCUT2D eigenvalue weighted by Gasteiger charge is -2.04. The maximum absolute atomic E-state index is 11.3. The van der Waals surface area contributed by atoms with Gasteiger partial charge < -0.3 is 14.5 Å². The number of ether oxygens (including phenoxy) is 1. The van der Waals surface area contributed by atoms with Gasteiger partial charge in [-0.05, 0) is 19.1 Å². The number of hydrogen-bond acceptors (Lipinski definition) is 4. The second-order valence-corrected chi connectivity index (χ2v) is 3.92. The molecule has 1 heterocycles. The topological polar surface area (TPSA) is 75.3 Å². The normalized spacial score (nSPS) is 10.1. The minimum absolute atomic E-state index is 0.0752. The number of rotatable bonds is 5. The van der Waals surface area contributed by atoms with Gasteiger partial charge >= 0.3 is 0 Å². The van der Waals surface area contributed by atoms with Gasteiger partial charge in [0.2, 0.25) is 11.7 Å². The maximum Gasteiger partial charge on any atom is 0.246 e. The molecule has 0 bridgehead atoms. The van der Waals surface area contributed by atoms with Crippen molar-refractivity contribution in [1.29, 1.82) is 5.26 Å². The Kier molecular flexibility index (Phi) is 4.04. The molecule has 1 amide bonds. The lowest BCUT2D eigenvalue weighted by atomic mass is 10.2. The Morgan fingerprint density at radius 2 is 2.26 bits per heavy atom. The van der Waals surface area contributed by atoms with Crippen molar-refractivity contribution in [3.8, 4) is 11.8 Å². The highest BCUT2D eigenvalue weighted by atomic mass is 16.5. The van der Waals surface area contributed by atoms with Gasteiger partial charge in [-0.15, -0.1) is 0 Å². The summed E-state index contributed by atoms with van der Waals surface area (Å²) in [7, 11) is 0. The second kappa shape index (κ2) is 5.91. The molecule has 0 atom stereocenters. The summed E-state index contributed by atoms with van der Waals surface area (Å²) >= 11 is 0. The van der Waals surface area contributed by atoms with E-state index in [9.17, 15) is 4.79 Å². The molecule has 19 heavy (non-hydrogen) atoms. The first kappa shape index (κ1) is 13.0. The average Bonchev–Trinajstić information content (AvgIpc) is 2.77. The molecule has 0 aliphatic carbocycles. The van der Waals surface area contributed by atoms with E-state index in [0.29, 0.717) is 17.9 Å². The first-order chi connectivity index (χ1) is 9.26. The first-order valence-corrected chi connectivity index (χ1v) is 6.07. The predicted octanol–water partition coefficient (Wildman–Crippen LogP) is 2.21. The molecule has 0 saturated heterocycles. The Balaban J connectivity index is 2.11. The summed E-state index contributed by atoms with van der Waals surface area (Å²) in [6.07, 6.45) is 0.248. The van der Waals surface area contributed by atoms with E-state index in [0.717, 1.165) is 5.39 Å². The number of benzene rings is 1. The highest BCUT2D eigenvalue weighted by Gasteiger charge is 2.15. The number of nitriles is 1. The number of fused-ring (bicyclic) bond motifs is 1. The molecule has 1 aromatic carbocycles. The van der Waals surface area contributed by atoms with Crippen molar-refractivity contribution < 1.29 is 13.9 Å². The van der Waals surface area contributed by atoms with E-state index in [-0.39, 0.29) is 24.7 Å². The lowest BCUT2D eigenvalue weighted by Crippen LogP contribution is -2.24. The number of carbonyl (C=O) groups excluding carboxylic acids is 1. The van der Waals surface area contributed by atoms with Crippen molar-refractivity contribution in [2.45, 2.75) is 13.3 Å². The summed E-state index contributed by atoms with van der Waals surface area (Å²) in [5.74, 6) is 0.466. The molecular weight excluding hydrogens is 244 g/mol. The van der Waals surface area contributed by atoms with Crippen molar-refractivity contribution in [2.75, 3.05) is 13.2 Å². The van der Waals surface area contributed by atoms with Gasteiger partial charge in [0, 0.05) is 6.54 Å². The van der Waals surface area contributed by atoms with Crippen LogP contribution in [0.5, 0.6) is 5.75 Å². The van der Waals surface area contributed by atoms with Crippen LogP contribution in [-0.2, 0) is 4.79 Å². The summed E-state index contributed by atoms with van der Waals surface area (Å²) in [6.45, 7) is 2.66. The Labute approximate surface area is 110 Å². The third-order valence-electron chi connectivity index (χ3n) is 2.60. The van der Waals surface area contributed by atoms with Gasteiger partial charge in [0.05, 0.1) is 18.4 Å². The van der Waals surface area contributed by atoms with Crippen LogP contribution in [0.15, 0.2) is 28.7 Å². The van der Waals surface area contributed by atoms with Gasteiger partial charge in [-0.3, -0.25) is 4.79 Å². The Bertz CT molecular complexity index is 625. The molecule has 0 fully saturated rings. The fourth-order valence-corrected chi connectivity index (χ4v) is 1.77. The van der Waals surface area contributed by atoms with Gasteiger partial charge in [0.25, 0.3) is 0 Å². The summed E-state index contributed by atoms with van der Waals surface area (Å²) in [5.41, 5.74) is 0.604. The van der Waals surface area contributed by atoms with E-state index in [1.807, 2.05) is 31.2 Å². The second-order valence-electron chi connectivity index (χ2n) is 3.92. The van der Waals surface area contributed by atoms with Crippen LogP contribution in [0.4, 0.5) is 0 Å². The van der Waals surface area contributed by atoms with Crippen molar-refractivity contribution >= 4 is 16.9 Å². The zero-order valence-electron chi connectivity index (χ0n) is 10.6. The fourth-order valence-electron chi connectivity index (χ4n) is 1.77. The van der Waals surface area contributed by atoms with Crippen LogP contribution in [0.3, 0.4) is 0 Å². The Hall–Kier alpha value is -2.48. The maximum atomic E-state index is 11.3. The predicted molar refractivity (Wildman–Crippen MR) is 69.7 cm³/mol. The van der Waals surface area contributed by atoms with Crippen LogP contribution in [0, 0.1) is 11.3 Å². The smallest absolute Gasteiger partial charge is 0.246 e. The molecule has 0 saturated carbocycles. The molecule has 1 N–H and O–H groups in total. The van der Waals surface area contributed by atoms with Crippen molar-refractivity contribution in [2.24, 2.45) is 0 Å². The minimum atomic E-state index is -0.0752. The minimum Gasteiger partial charge on any atom is -0.488 e. The Morgan fingerprint density at radius 3 is 3.00 bits per heavy atom. The van der Waals surface area contributed by atoms with Gasteiger partial charge in [0.1, 0.15) is 11.7 Å². The van der Waals surface area contributed by atoms with E-state index >= 15 is 0 Å². The number of para-hydroxylation sites is 1. The quantitative estimate of drug-likeness (QED) is 0.892. The fraction of sp³-hybridized carbons (Fsp3) is 0.286. The van der Waals surface area contributed by atoms with Crippen molar-refractivity contribution in [3.05, 3.63) is 30.0 Å². The van der Waals surface area contributed by atoms with E-state index in [1.165, 1.54) is 0 Å². The summed E-state index contributed by atoms with van der Waals surface area (Å²) < 4.78 is 10.9. The van der Waals surface area contributed by atoms with Crippen LogP contribution < -0.4 is 10.1 Å². The molecule has 5 nitrogen and oxygen atoms in total. The Morgan fingerprint density at radius 1 is 1.47 bits per heavy atom. The number of nitrogens with zero attached hydrogens (tertiary/aromatic N) is 1. The van der Waals surface area contributed by atoms with Crippen molar-refractivity contribution in [1.82, 2.24) is 5.32 Å². The van der Waals surface area contributed by atoms with Crippen LogP contribution in [0.1, 0.15) is 19.1 Å². The zero-order valence-corrected chi connectivity index (χ0v) is 10.6. The molecule has 2 aromatic rings. The summed E-state index contributed by atoms with van der Waals surface area (Å²) in [6, 6.07) is 9.22. The molecule has 0 unspecified atom stereocenters. The first-order valence-electron chi connectivity index (χ1n) is 6.07. The largest absolute Gasteiger partial charge is 0.488 e. The van der Waals surface area contributed by atoms with E-state index in [4.69, 9.17) is 14.4 Å². The number of furan rings is 1. The molecule has 0 aliphatic heterocycles. The highest BCUT2D eigenvalue weighted by Crippen LogP contribution is 2.32. The van der Waals surface area contributed by atoms with E-state index < -0.39 is 0 Å². The standard InChI is InChI=1S/C14H14N2O3/c1-2-16-13(17)7-8-18-14-10-5-3-4-6-11(10)19-12(14)9-15/h3-6H,2,7-8H2,1H3,(H,16,17). The monoisotopic (exact) mass is 258 g/mol. The molecular formula is C14H14N2O3.